The van der Waals surface area contributed by atoms with E-state index in [1.165, 1.54) is 12.4 Å². The third-order valence-electron chi connectivity index (χ3n) is 1.46. The van der Waals surface area contributed by atoms with E-state index in [2.05, 4.69) is 4.98 Å². The lowest BCUT2D eigenvalue weighted by molar-refractivity contribution is 0.268. The van der Waals surface area contributed by atoms with Gasteiger partial charge >= 0.3 is 0 Å². The molecular weight excluding hydrogens is 234 g/mol. The van der Waals surface area contributed by atoms with Crippen molar-refractivity contribution in [1.29, 1.82) is 0 Å². The molecule has 1 heterocycles. The van der Waals surface area contributed by atoms with Gasteiger partial charge in [-0.05, 0) is 0 Å². The Hall–Kier alpha value is -0.0600. The van der Waals surface area contributed by atoms with Crippen molar-refractivity contribution in [2.75, 3.05) is 6.61 Å². The van der Waals surface area contributed by atoms with Gasteiger partial charge in [0.05, 0.1) is 22.7 Å². The number of halogens is 3. The van der Waals surface area contributed by atoms with Gasteiger partial charge in [0.1, 0.15) is 0 Å². The summed E-state index contributed by atoms with van der Waals surface area (Å²) in [6.45, 7) is -0.191. The van der Waals surface area contributed by atoms with Crippen molar-refractivity contribution in [3.63, 3.8) is 0 Å². The molecule has 0 unspecified atom stereocenters. The Balaban J connectivity index is 0.00000144. The second kappa shape index (κ2) is 5.62. The number of rotatable bonds is 2. The van der Waals surface area contributed by atoms with E-state index in [9.17, 15) is 0 Å². The lowest BCUT2D eigenvalue weighted by Gasteiger charge is -2.11. The van der Waals surface area contributed by atoms with E-state index in [1.54, 1.807) is 0 Å². The Labute approximate surface area is 92.3 Å². The second-order valence-electron chi connectivity index (χ2n) is 2.31. The minimum atomic E-state index is -0.548. The molecule has 6 heteroatoms. The van der Waals surface area contributed by atoms with Crippen LogP contribution in [0.25, 0.3) is 0 Å². The maximum atomic E-state index is 8.77. The predicted molar refractivity (Wildman–Crippen MR) is 55.5 cm³/mol. The van der Waals surface area contributed by atoms with Crippen LogP contribution in [-0.4, -0.2) is 16.7 Å². The van der Waals surface area contributed by atoms with Crippen LogP contribution in [0.5, 0.6) is 0 Å². The average Bonchev–Trinajstić information content (AvgIpc) is 2.03. The fourth-order valence-electron chi connectivity index (χ4n) is 0.867. The van der Waals surface area contributed by atoms with Gasteiger partial charge in [-0.3, -0.25) is 4.98 Å². The first kappa shape index (κ1) is 12.9. The van der Waals surface area contributed by atoms with Crippen molar-refractivity contribution in [1.82, 2.24) is 4.98 Å². The first-order chi connectivity index (χ1) is 5.66. The van der Waals surface area contributed by atoms with Crippen molar-refractivity contribution >= 4 is 35.6 Å². The van der Waals surface area contributed by atoms with Crippen LogP contribution >= 0.6 is 35.6 Å². The molecule has 0 saturated heterocycles. The molecule has 1 aromatic rings. The van der Waals surface area contributed by atoms with Gasteiger partial charge in [0.2, 0.25) is 0 Å². The Bertz CT molecular complexity index is 262. The van der Waals surface area contributed by atoms with Crippen LogP contribution in [0.3, 0.4) is 0 Å². The van der Waals surface area contributed by atoms with Gasteiger partial charge in [-0.2, -0.15) is 0 Å². The van der Waals surface area contributed by atoms with Gasteiger partial charge in [-0.1, -0.05) is 23.2 Å². The number of aliphatic hydroxyl groups is 1. The van der Waals surface area contributed by atoms with E-state index in [4.69, 9.17) is 34.0 Å². The molecule has 0 aliphatic heterocycles. The van der Waals surface area contributed by atoms with Gasteiger partial charge in [0, 0.05) is 18.0 Å². The van der Waals surface area contributed by atoms with Gasteiger partial charge in [0.25, 0.3) is 0 Å². The normalized spacial score (nSPS) is 12.0. The van der Waals surface area contributed by atoms with Crippen molar-refractivity contribution in [3.05, 3.63) is 28.0 Å². The third-order valence-corrected chi connectivity index (χ3v) is 2.06. The first-order valence-corrected chi connectivity index (χ1v) is 4.07. The Morgan fingerprint density at radius 2 is 1.85 bits per heavy atom. The molecule has 74 valence electrons. The smallest absolute Gasteiger partial charge is 0.0652 e. The summed E-state index contributed by atoms with van der Waals surface area (Å²) in [7, 11) is 0. The molecule has 0 saturated carbocycles. The molecule has 3 nitrogen and oxygen atoms in total. The van der Waals surface area contributed by atoms with Crippen LogP contribution in [0.4, 0.5) is 0 Å². The number of hydrogen-bond acceptors (Lipinski definition) is 3. The standard InChI is InChI=1S/C7H8Cl2N2O.ClH/c8-4-1-11-2-5(9)7(4)6(10)3-12;/h1-2,6,12H,3,10H2;1H/t6-;/m0./s1. The highest BCUT2D eigenvalue weighted by Crippen LogP contribution is 2.27. The summed E-state index contributed by atoms with van der Waals surface area (Å²) in [5.74, 6) is 0. The third kappa shape index (κ3) is 2.97. The number of nitrogens with zero attached hydrogens (tertiary/aromatic N) is 1. The molecular formula is C7H9Cl3N2O. The Morgan fingerprint density at radius 1 is 1.38 bits per heavy atom. The molecule has 0 aromatic carbocycles. The largest absolute Gasteiger partial charge is 0.394 e. The summed E-state index contributed by atoms with van der Waals surface area (Å²) < 4.78 is 0. The maximum Gasteiger partial charge on any atom is 0.0652 e. The lowest BCUT2D eigenvalue weighted by atomic mass is 10.1. The number of aliphatic hydroxyl groups excluding tert-OH is 1. The SMILES string of the molecule is Cl.N[C@@H](CO)c1c(Cl)cncc1Cl. The molecule has 0 amide bonds. The van der Waals surface area contributed by atoms with E-state index in [0.29, 0.717) is 15.6 Å². The monoisotopic (exact) mass is 242 g/mol. The molecule has 0 radical (unpaired) electrons. The molecule has 1 aromatic heterocycles. The minimum absolute atomic E-state index is 0. The fourth-order valence-corrected chi connectivity index (χ4v) is 1.51. The summed E-state index contributed by atoms with van der Waals surface area (Å²) in [5, 5.41) is 9.53. The Kier molecular flexibility index (Phi) is 5.60. The molecule has 0 spiro atoms. The fraction of sp³-hybridized carbons (Fsp3) is 0.286. The van der Waals surface area contributed by atoms with Crippen molar-refractivity contribution in [3.8, 4) is 0 Å². The lowest BCUT2D eigenvalue weighted by Crippen LogP contribution is -2.15. The molecule has 0 fully saturated rings. The molecule has 1 rings (SSSR count). The molecule has 13 heavy (non-hydrogen) atoms. The highest BCUT2D eigenvalue weighted by molar-refractivity contribution is 6.35. The van der Waals surface area contributed by atoms with Crippen LogP contribution in [0.15, 0.2) is 12.4 Å². The molecule has 0 aliphatic rings. The summed E-state index contributed by atoms with van der Waals surface area (Å²) in [4.78, 5) is 3.76. The van der Waals surface area contributed by atoms with E-state index >= 15 is 0 Å². The van der Waals surface area contributed by atoms with Gasteiger partial charge in [0.15, 0.2) is 0 Å². The maximum absolute atomic E-state index is 8.77. The number of pyridine rings is 1. The summed E-state index contributed by atoms with van der Waals surface area (Å²) in [6.07, 6.45) is 2.89. The zero-order chi connectivity index (χ0) is 9.14. The molecule has 0 aliphatic carbocycles. The van der Waals surface area contributed by atoms with Crippen LogP contribution in [-0.2, 0) is 0 Å². The minimum Gasteiger partial charge on any atom is -0.394 e. The van der Waals surface area contributed by atoms with Crippen molar-refractivity contribution in [2.24, 2.45) is 5.73 Å². The van der Waals surface area contributed by atoms with Crippen molar-refractivity contribution < 1.29 is 5.11 Å². The van der Waals surface area contributed by atoms with Crippen LogP contribution in [0.2, 0.25) is 10.0 Å². The topological polar surface area (TPSA) is 59.1 Å². The van der Waals surface area contributed by atoms with Gasteiger partial charge < -0.3 is 10.8 Å². The summed E-state index contributed by atoms with van der Waals surface area (Å²) >= 11 is 11.5. The van der Waals surface area contributed by atoms with E-state index in [-0.39, 0.29) is 19.0 Å². The Morgan fingerprint density at radius 3 is 2.23 bits per heavy atom. The molecule has 3 N–H and O–H groups in total. The highest BCUT2D eigenvalue weighted by atomic mass is 35.5. The zero-order valence-corrected chi connectivity index (χ0v) is 8.90. The van der Waals surface area contributed by atoms with E-state index in [0.717, 1.165) is 0 Å². The highest BCUT2D eigenvalue weighted by Gasteiger charge is 2.12. The number of hydrogen-bond donors (Lipinski definition) is 2. The van der Waals surface area contributed by atoms with Gasteiger partial charge in [-0.25, -0.2) is 0 Å². The van der Waals surface area contributed by atoms with Crippen LogP contribution in [0.1, 0.15) is 11.6 Å². The number of aromatic nitrogens is 1. The quantitative estimate of drug-likeness (QED) is 0.833. The number of nitrogens with two attached hydrogens (primary N) is 1. The predicted octanol–water partition coefficient (Wildman–Crippen LogP) is 1.80. The van der Waals surface area contributed by atoms with Crippen molar-refractivity contribution in [2.45, 2.75) is 6.04 Å². The first-order valence-electron chi connectivity index (χ1n) is 3.32. The second-order valence-corrected chi connectivity index (χ2v) is 3.12. The van der Waals surface area contributed by atoms with Crippen LogP contribution < -0.4 is 5.73 Å². The van der Waals surface area contributed by atoms with E-state index < -0.39 is 6.04 Å². The molecule has 0 bridgehead atoms. The average molecular weight is 244 g/mol. The van der Waals surface area contributed by atoms with Crippen LogP contribution in [0, 0.1) is 0 Å². The zero-order valence-electron chi connectivity index (χ0n) is 6.58. The van der Waals surface area contributed by atoms with E-state index in [1.807, 2.05) is 0 Å². The summed E-state index contributed by atoms with van der Waals surface area (Å²) in [6, 6.07) is -0.548. The molecule has 1 atom stereocenters. The summed E-state index contributed by atoms with van der Waals surface area (Å²) in [5.41, 5.74) is 6.09. The van der Waals surface area contributed by atoms with Gasteiger partial charge in [-0.15, -0.1) is 12.4 Å².